The monoisotopic (exact) mass is 164 g/mol. The van der Waals surface area contributed by atoms with Gasteiger partial charge in [0.2, 0.25) is 0 Å². The molecule has 64 valence electrons. The van der Waals surface area contributed by atoms with Gasteiger partial charge in [0.25, 0.3) is 0 Å². The zero-order chi connectivity index (χ0) is 8.97. The molecule has 0 saturated carbocycles. The van der Waals surface area contributed by atoms with E-state index >= 15 is 0 Å². The number of rotatable bonds is 3. The number of terminal acetylenes is 1. The van der Waals surface area contributed by atoms with E-state index in [1.165, 1.54) is 0 Å². The summed E-state index contributed by atoms with van der Waals surface area (Å²) < 4.78 is 4.98. The van der Waals surface area contributed by atoms with Gasteiger partial charge in [-0.1, -0.05) is 11.1 Å². The van der Waals surface area contributed by atoms with Crippen LogP contribution in [0.3, 0.4) is 0 Å². The molecule has 1 heterocycles. The summed E-state index contributed by atoms with van der Waals surface area (Å²) in [5.41, 5.74) is 0.889. The summed E-state index contributed by atoms with van der Waals surface area (Å²) in [7, 11) is 0. The smallest absolute Gasteiger partial charge is 0.150 e. The van der Waals surface area contributed by atoms with Crippen molar-refractivity contribution in [2.24, 2.45) is 0 Å². The van der Waals surface area contributed by atoms with Gasteiger partial charge in [-0.3, -0.25) is 5.32 Å². The summed E-state index contributed by atoms with van der Waals surface area (Å²) >= 11 is 0. The zero-order valence-corrected chi connectivity index (χ0v) is 7.29. The first-order valence-corrected chi connectivity index (χ1v) is 3.84. The Morgan fingerprint density at radius 1 is 1.83 bits per heavy atom. The van der Waals surface area contributed by atoms with Crippen molar-refractivity contribution in [2.75, 3.05) is 0 Å². The first kappa shape index (κ1) is 8.82. The van der Waals surface area contributed by atoms with Crippen molar-refractivity contribution in [3.8, 4) is 12.3 Å². The van der Waals surface area contributed by atoms with Crippen molar-refractivity contribution in [3.05, 3.63) is 17.5 Å². The lowest BCUT2D eigenvalue weighted by Crippen LogP contribution is -2.23. The lowest BCUT2D eigenvalue weighted by molar-refractivity contribution is 0.367. The minimum Gasteiger partial charge on any atom is -0.360 e. The standard InChI is InChI=1S/C9H12N2O/c1-4-7(2)10-6-9-5-8(3)11-12-9/h1,5,7,10H,6H2,2-3H3. The van der Waals surface area contributed by atoms with Gasteiger partial charge in [-0.2, -0.15) is 0 Å². The van der Waals surface area contributed by atoms with Crippen LogP contribution in [0.25, 0.3) is 0 Å². The molecule has 0 spiro atoms. The van der Waals surface area contributed by atoms with Crippen molar-refractivity contribution in [1.29, 1.82) is 0 Å². The van der Waals surface area contributed by atoms with Gasteiger partial charge in [0, 0.05) is 6.07 Å². The summed E-state index contributed by atoms with van der Waals surface area (Å²) in [5.74, 6) is 3.38. The molecular formula is C9H12N2O. The van der Waals surface area contributed by atoms with Crippen LogP contribution >= 0.6 is 0 Å². The third-order valence-corrected chi connectivity index (χ3v) is 1.51. The second-order valence-corrected chi connectivity index (χ2v) is 2.70. The Labute approximate surface area is 72.1 Å². The Bertz CT molecular complexity index is 285. The fraction of sp³-hybridized carbons (Fsp3) is 0.444. The lowest BCUT2D eigenvalue weighted by atomic mass is 10.3. The molecule has 12 heavy (non-hydrogen) atoms. The van der Waals surface area contributed by atoms with Crippen LogP contribution in [0.15, 0.2) is 10.6 Å². The first-order valence-electron chi connectivity index (χ1n) is 3.84. The van der Waals surface area contributed by atoms with Crippen molar-refractivity contribution in [3.63, 3.8) is 0 Å². The molecule has 0 aromatic carbocycles. The van der Waals surface area contributed by atoms with Crippen LogP contribution in [-0.4, -0.2) is 11.2 Å². The van der Waals surface area contributed by atoms with E-state index < -0.39 is 0 Å². The van der Waals surface area contributed by atoms with E-state index in [0.717, 1.165) is 11.5 Å². The average molecular weight is 164 g/mol. The summed E-state index contributed by atoms with van der Waals surface area (Å²) in [4.78, 5) is 0. The van der Waals surface area contributed by atoms with Crippen LogP contribution < -0.4 is 5.32 Å². The molecule has 1 aromatic heterocycles. The predicted molar refractivity (Wildman–Crippen MR) is 46.4 cm³/mol. The maximum absolute atomic E-state index is 5.18. The third-order valence-electron chi connectivity index (χ3n) is 1.51. The molecule has 1 aromatic rings. The van der Waals surface area contributed by atoms with Crippen molar-refractivity contribution < 1.29 is 4.52 Å². The number of nitrogens with one attached hydrogen (secondary N) is 1. The number of nitrogens with zero attached hydrogens (tertiary/aromatic N) is 1. The predicted octanol–water partition coefficient (Wildman–Crippen LogP) is 1.09. The third kappa shape index (κ3) is 2.40. The van der Waals surface area contributed by atoms with Crippen LogP contribution in [-0.2, 0) is 6.54 Å². The number of aromatic nitrogens is 1. The molecule has 1 N–H and O–H groups in total. The molecule has 0 aliphatic carbocycles. The molecule has 1 atom stereocenters. The van der Waals surface area contributed by atoms with Gasteiger partial charge < -0.3 is 4.52 Å². The molecule has 0 saturated heterocycles. The summed E-state index contributed by atoms with van der Waals surface area (Å²) in [5, 5.41) is 6.85. The maximum Gasteiger partial charge on any atom is 0.150 e. The highest BCUT2D eigenvalue weighted by Crippen LogP contribution is 2.01. The van der Waals surface area contributed by atoms with Crippen LogP contribution in [0, 0.1) is 19.3 Å². The van der Waals surface area contributed by atoms with E-state index in [1.807, 2.05) is 19.9 Å². The molecule has 0 amide bonds. The fourth-order valence-corrected chi connectivity index (χ4v) is 0.812. The lowest BCUT2D eigenvalue weighted by Gasteiger charge is -2.03. The molecule has 1 unspecified atom stereocenters. The molecule has 0 aliphatic heterocycles. The van der Waals surface area contributed by atoms with E-state index in [9.17, 15) is 0 Å². The first-order chi connectivity index (χ1) is 5.72. The van der Waals surface area contributed by atoms with Crippen LogP contribution in [0.5, 0.6) is 0 Å². The highest BCUT2D eigenvalue weighted by molar-refractivity contribution is 5.04. The summed E-state index contributed by atoms with van der Waals surface area (Å²) in [6, 6.07) is 1.95. The van der Waals surface area contributed by atoms with Crippen molar-refractivity contribution in [2.45, 2.75) is 26.4 Å². The van der Waals surface area contributed by atoms with E-state index in [4.69, 9.17) is 10.9 Å². The quantitative estimate of drug-likeness (QED) is 0.680. The average Bonchev–Trinajstić information content (AvgIpc) is 2.47. The molecule has 0 bridgehead atoms. The number of aryl methyl sites for hydroxylation is 1. The Balaban J connectivity index is 2.39. The maximum atomic E-state index is 5.18. The minimum atomic E-state index is 0.0652. The molecule has 3 nitrogen and oxygen atoms in total. The van der Waals surface area contributed by atoms with Gasteiger partial charge in [-0.15, -0.1) is 6.42 Å². The summed E-state index contributed by atoms with van der Waals surface area (Å²) in [6.07, 6.45) is 5.18. The Hall–Kier alpha value is -1.27. The second kappa shape index (κ2) is 3.93. The van der Waals surface area contributed by atoms with Crippen LogP contribution in [0.1, 0.15) is 18.4 Å². The Morgan fingerprint density at radius 2 is 2.58 bits per heavy atom. The topological polar surface area (TPSA) is 38.1 Å². The molecule has 0 radical (unpaired) electrons. The van der Waals surface area contributed by atoms with Gasteiger partial charge in [0.15, 0.2) is 5.76 Å². The van der Waals surface area contributed by atoms with E-state index in [2.05, 4.69) is 16.4 Å². The molecule has 0 aliphatic rings. The van der Waals surface area contributed by atoms with Crippen molar-refractivity contribution >= 4 is 0 Å². The molecule has 0 fully saturated rings. The molecule has 1 rings (SSSR count). The zero-order valence-electron chi connectivity index (χ0n) is 7.29. The Morgan fingerprint density at radius 3 is 3.08 bits per heavy atom. The van der Waals surface area contributed by atoms with Crippen LogP contribution in [0.2, 0.25) is 0 Å². The van der Waals surface area contributed by atoms with Gasteiger partial charge in [-0.05, 0) is 13.8 Å². The van der Waals surface area contributed by atoms with Gasteiger partial charge in [0.05, 0.1) is 18.3 Å². The van der Waals surface area contributed by atoms with Gasteiger partial charge in [0.1, 0.15) is 0 Å². The largest absolute Gasteiger partial charge is 0.360 e. The van der Waals surface area contributed by atoms with E-state index in [-0.39, 0.29) is 6.04 Å². The van der Waals surface area contributed by atoms with Gasteiger partial charge in [-0.25, -0.2) is 0 Å². The second-order valence-electron chi connectivity index (χ2n) is 2.70. The minimum absolute atomic E-state index is 0.0652. The number of hydrogen-bond donors (Lipinski definition) is 1. The van der Waals surface area contributed by atoms with E-state index in [1.54, 1.807) is 0 Å². The Kier molecular flexibility index (Phi) is 2.89. The van der Waals surface area contributed by atoms with Gasteiger partial charge >= 0.3 is 0 Å². The molecule has 3 heteroatoms. The highest BCUT2D eigenvalue weighted by Gasteiger charge is 2.01. The van der Waals surface area contributed by atoms with Crippen molar-refractivity contribution in [1.82, 2.24) is 10.5 Å². The number of hydrogen-bond acceptors (Lipinski definition) is 3. The molecular weight excluding hydrogens is 152 g/mol. The van der Waals surface area contributed by atoms with E-state index in [0.29, 0.717) is 6.54 Å². The van der Waals surface area contributed by atoms with Crippen LogP contribution in [0.4, 0.5) is 0 Å². The normalized spacial score (nSPS) is 12.4. The highest BCUT2D eigenvalue weighted by atomic mass is 16.5. The SMILES string of the molecule is C#CC(C)NCc1cc(C)no1. The fourth-order valence-electron chi connectivity index (χ4n) is 0.812. The summed E-state index contributed by atoms with van der Waals surface area (Å²) in [6.45, 7) is 4.44.